The van der Waals surface area contributed by atoms with Crippen molar-refractivity contribution in [1.82, 2.24) is 0 Å². The van der Waals surface area contributed by atoms with Crippen LogP contribution in [0.1, 0.15) is 31.7 Å². The molecular formula is C15H21Br2NO. The van der Waals surface area contributed by atoms with Gasteiger partial charge in [-0.25, -0.2) is 0 Å². The van der Waals surface area contributed by atoms with Crippen LogP contribution in [-0.4, -0.2) is 25.8 Å². The molecule has 19 heavy (non-hydrogen) atoms. The van der Waals surface area contributed by atoms with E-state index in [-0.39, 0.29) is 0 Å². The van der Waals surface area contributed by atoms with Crippen molar-refractivity contribution in [2.24, 2.45) is 0 Å². The first-order valence-electron chi connectivity index (χ1n) is 6.95. The summed E-state index contributed by atoms with van der Waals surface area (Å²) in [5, 5.41) is 0.885. The highest BCUT2D eigenvalue weighted by Gasteiger charge is 2.20. The lowest BCUT2D eigenvalue weighted by molar-refractivity contribution is 0.0440. The van der Waals surface area contributed by atoms with Crippen LogP contribution in [0, 0.1) is 0 Å². The highest BCUT2D eigenvalue weighted by Crippen LogP contribution is 2.28. The first kappa shape index (κ1) is 15.3. The van der Waals surface area contributed by atoms with Gasteiger partial charge in [0, 0.05) is 35.2 Å². The summed E-state index contributed by atoms with van der Waals surface area (Å²) in [4.78, 5) is 2.44. The molecule has 0 saturated carbocycles. The van der Waals surface area contributed by atoms with Gasteiger partial charge in [0.15, 0.2) is 0 Å². The van der Waals surface area contributed by atoms with Gasteiger partial charge in [-0.1, -0.05) is 44.8 Å². The maximum atomic E-state index is 5.90. The van der Waals surface area contributed by atoms with Crippen molar-refractivity contribution in [2.45, 2.75) is 37.6 Å². The number of alkyl halides is 1. The molecule has 1 saturated heterocycles. The van der Waals surface area contributed by atoms with Gasteiger partial charge in [0.1, 0.15) is 0 Å². The fraction of sp³-hybridized carbons (Fsp3) is 0.600. The summed E-state index contributed by atoms with van der Waals surface area (Å²) >= 11 is 7.15. The Hall–Kier alpha value is -0.0600. The fourth-order valence-electron chi connectivity index (χ4n) is 2.43. The molecule has 1 atom stereocenters. The summed E-state index contributed by atoms with van der Waals surface area (Å²) in [6.07, 6.45) is 3.90. The molecule has 1 fully saturated rings. The molecule has 1 unspecified atom stereocenters. The van der Waals surface area contributed by atoms with Crippen molar-refractivity contribution in [3.8, 4) is 0 Å². The molecule has 2 nitrogen and oxygen atoms in total. The number of piperidine rings is 1. The molecule has 1 aromatic carbocycles. The number of nitrogens with zero attached hydrogens (tertiary/aromatic N) is 1. The van der Waals surface area contributed by atoms with E-state index in [1.807, 2.05) is 0 Å². The lowest BCUT2D eigenvalue weighted by Crippen LogP contribution is -2.39. The highest BCUT2D eigenvalue weighted by atomic mass is 79.9. The molecule has 0 aliphatic carbocycles. The Bertz CT molecular complexity index is 411. The standard InChI is InChI=1S/C15H21Br2NO/c1-2-8-19-14-4-3-7-18(11-14)13-6-5-12(10-16)15(17)9-13/h5-6,9,14H,2-4,7-8,10-11H2,1H3. The van der Waals surface area contributed by atoms with Crippen molar-refractivity contribution < 1.29 is 4.74 Å². The average molecular weight is 391 g/mol. The second kappa shape index (κ2) is 7.65. The summed E-state index contributed by atoms with van der Waals surface area (Å²) in [7, 11) is 0. The van der Waals surface area contributed by atoms with Gasteiger partial charge in [-0.2, -0.15) is 0 Å². The third-order valence-corrected chi connectivity index (χ3v) is 4.82. The van der Waals surface area contributed by atoms with E-state index >= 15 is 0 Å². The molecule has 1 aromatic rings. The Labute approximate surface area is 132 Å². The Kier molecular flexibility index (Phi) is 6.17. The lowest BCUT2D eigenvalue weighted by Gasteiger charge is -2.34. The van der Waals surface area contributed by atoms with E-state index in [0.717, 1.165) is 31.4 Å². The number of benzene rings is 1. The van der Waals surface area contributed by atoms with Crippen molar-refractivity contribution in [2.75, 3.05) is 24.6 Å². The van der Waals surface area contributed by atoms with Crippen LogP contribution in [0.2, 0.25) is 0 Å². The number of hydrogen-bond donors (Lipinski definition) is 0. The van der Waals surface area contributed by atoms with Crippen LogP contribution in [0.15, 0.2) is 22.7 Å². The smallest absolute Gasteiger partial charge is 0.0750 e. The van der Waals surface area contributed by atoms with Crippen LogP contribution < -0.4 is 4.90 Å². The maximum Gasteiger partial charge on any atom is 0.0750 e. The first-order chi connectivity index (χ1) is 9.24. The van der Waals surface area contributed by atoms with Gasteiger partial charge in [-0.05, 0) is 37.0 Å². The first-order valence-corrected chi connectivity index (χ1v) is 8.87. The molecule has 4 heteroatoms. The maximum absolute atomic E-state index is 5.90. The van der Waals surface area contributed by atoms with Crippen LogP contribution in [-0.2, 0) is 10.1 Å². The molecule has 1 heterocycles. The van der Waals surface area contributed by atoms with Crippen LogP contribution in [0.5, 0.6) is 0 Å². The van der Waals surface area contributed by atoms with Crippen molar-refractivity contribution in [3.05, 3.63) is 28.2 Å². The molecule has 0 spiro atoms. The van der Waals surface area contributed by atoms with E-state index in [4.69, 9.17) is 4.74 Å². The molecular weight excluding hydrogens is 370 g/mol. The number of ether oxygens (including phenoxy) is 1. The summed E-state index contributed by atoms with van der Waals surface area (Å²) in [5.74, 6) is 0. The molecule has 0 aromatic heterocycles. The molecule has 1 aliphatic rings. The molecule has 0 N–H and O–H groups in total. The molecule has 1 aliphatic heterocycles. The Morgan fingerprint density at radius 1 is 1.42 bits per heavy atom. The minimum absolute atomic E-state index is 0.392. The zero-order valence-corrected chi connectivity index (χ0v) is 14.5. The van der Waals surface area contributed by atoms with Gasteiger partial charge in [0.25, 0.3) is 0 Å². The number of rotatable bonds is 5. The van der Waals surface area contributed by atoms with E-state index in [9.17, 15) is 0 Å². The van der Waals surface area contributed by atoms with E-state index < -0.39 is 0 Å². The summed E-state index contributed by atoms with van der Waals surface area (Å²) in [5.41, 5.74) is 2.58. The molecule has 0 bridgehead atoms. The summed E-state index contributed by atoms with van der Waals surface area (Å²) in [6.45, 7) is 5.19. The fourth-order valence-corrected chi connectivity index (χ4v) is 3.81. The van der Waals surface area contributed by atoms with Gasteiger partial charge in [-0.15, -0.1) is 0 Å². The zero-order chi connectivity index (χ0) is 13.7. The van der Waals surface area contributed by atoms with Crippen LogP contribution in [0.3, 0.4) is 0 Å². The van der Waals surface area contributed by atoms with Crippen LogP contribution in [0.25, 0.3) is 0 Å². The third-order valence-electron chi connectivity index (χ3n) is 3.48. The normalized spacial score (nSPS) is 19.7. The van der Waals surface area contributed by atoms with Crippen molar-refractivity contribution in [3.63, 3.8) is 0 Å². The van der Waals surface area contributed by atoms with Crippen LogP contribution in [0.4, 0.5) is 5.69 Å². The minimum atomic E-state index is 0.392. The number of anilines is 1. The van der Waals surface area contributed by atoms with E-state index in [2.05, 4.69) is 61.9 Å². The van der Waals surface area contributed by atoms with Gasteiger partial charge < -0.3 is 9.64 Å². The molecule has 2 rings (SSSR count). The number of hydrogen-bond acceptors (Lipinski definition) is 2. The number of halogens is 2. The molecule has 0 radical (unpaired) electrons. The quantitative estimate of drug-likeness (QED) is 0.673. The van der Waals surface area contributed by atoms with E-state index in [1.165, 1.54) is 28.6 Å². The lowest BCUT2D eigenvalue weighted by atomic mass is 10.1. The van der Waals surface area contributed by atoms with Gasteiger partial charge in [0.05, 0.1) is 6.10 Å². The third kappa shape index (κ3) is 4.20. The Morgan fingerprint density at radius 3 is 2.95 bits per heavy atom. The van der Waals surface area contributed by atoms with Crippen LogP contribution >= 0.6 is 31.9 Å². The second-order valence-corrected chi connectivity index (χ2v) is 6.41. The van der Waals surface area contributed by atoms with Crippen molar-refractivity contribution in [1.29, 1.82) is 0 Å². The predicted molar refractivity (Wildman–Crippen MR) is 88.3 cm³/mol. The van der Waals surface area contributed by atoms with E-state index in [0.29, 0.717) is 6.10 Å². The van der Waals surface area contributed by atoms with Crippen molar-refractivity contribution >= 4 is 37.5 Å². The summed E-state index contributed by atoms with van der Waals surface area (Å²) in [6, 6.07) is 6.62. The zero-order valence-electron chi connectivity index (χ0n) is 11.4. The topological polar surface area (TPSA) is 12.5 Å². The minimum Gasteiger partial charge on any atom is -0.376 e. The Balaban J connectivity index is 2.02. The summed E-state index contributed by atoms with van der Waals surface area (Å²) < 4.78 is 7.08. The monoisotopic (exact) mass is 389 g/mol. The highest BCUT2D eigenvalue weighted by molar-refractivity contribution is 9.10. The van der Waals surface area contributed by atoms with E-state index in [1.54, 1.807) is 0 Å². The SMILES string of the molecule is CCCOC1CCCN(c2ccc(CBr)c(Br)c2)C1. The largest absolute Gasteiger partial charge is 0.376 e. The molecule has 106 valence electrons. The second-order valence-electron chi connectivity index (χ2n) is 4.99. The average Bonchev–Trinajstić information content (AvgIpc) is 2.45. The van der Waals surface area contributed by atoms with Gasteiger partial charge in [-0.3, -0.25) is 0 Å². The van der Waals surface area contributed by atoms with Gasteiger partial charge >= 0.3 is 0 Å². The predicted octanol–water partition coefficient (Wildman–Crippen LogP) is 4.74. The molecule has 0 amide bonds. The van der Waals surface area contributed by atoms with Gasteiger partial charge in [0.2, 0.25) is 0 Å². The Morgan fingerprint density at radius 2 is 2.26 bits per heavy atom.